The van der Waals surface area contributed by atoms with Crippen LogP contribution in [0.25, 0.3) is 0 Å². The van der Waals surface area contributed by atoms with Gasteiger partial charge in [0.05, 0.1) is 0 Å². The third-order valence-electron chi connectivity index (χ3n) is 3.84. The maximum Gasteiger partial charge on any atom is 0.00670 e. The van der Waals surface area contributed by atoms with Gasteiger partial charge in [-0.15, -0.1) is 0 Å². The average molecular weight is 240 g/mol. The van der Waals surface area contributed by atoms with Gasteiger partial charge in [-0.2, -0.15) is 0 Å². The van der Waals surface area contributed by atoms with Gasteiger partial charge in [0, 0.05) is 6.04 Å². The van der Waals surface area contributed by atoms with Gasteiger partial charge in [0.25, 0.3) is 0 Å². The van der Waals surface area contributed by atoms with E-state index in [1.165, 1.54) is 64.6 Å². The Kier molecular flexibility index (Phi) is 7.87. The van der Waals surface area contributed by atoms with Gasteiger partial charge in [-0.3, -0.25) is 0 Å². The largest absolute Gasteiger partial charge is 0.314 e. The Bertz CT molecular complexity index is 174. The Labute approximate surface area is 108 Å². The molecule has 0 bridgehead atoms. The van der Waals surface area contributed by atoms with Crippen LogP contribution in [0.2, 0.25) is 0 Å². The topological polar surface area (TPSA) is 15.3 Å². The molecule has 1 N–H and O–H groups in total. The Balaban J connectivity index is 1.92. The second-order valence-electron chi connectivity index (χ2n) is 6.13. The maximum atomic E-state index is 3.72. The van der Waals surface area contributed by atoms with Gasteiger partial charge in [-0.05, 0) is 58.3 Å². The summed E-state index contributed by atoms with van der Waals surface area (Å²) in [6, 6.07) is 0.824. The van der Waals surface area contributed by atoms with E-state index in [0.717, 1.165) is 12.0 Å². The lowest BCUT2D eigenvalue weighted by atomic mass is 9.95. The van der Waals surface area contributed by atoms with Crippen LogP contribution in [0.15, 0.2) is 0 Å². The molecular formula is C15H32N2. The SMILES string of the molecule is CC(C)CCN(C)CCCNC1CCCCC1. The normalized spacial score (nSPS) is 18.2. The Morgan fingerprint density at radius 2 is 1.82 bits per heavy atom. The van der Waals surface area contributed by atoms with Crippen LogP contribution in [0.1, 0.15) is 58.8 Å². The molecule has 102 valence electrons. The molecule has 0 unspecified atom stereocenters. The van der Waals surface area contributed by atoms with Crippen molar-refractivity contribution in [2.75, 3.05) is 26.7 Å². The molecule has 0 atom stereocenters. The van der Waals surface area contributed by atoms with Crippen LogP contribution < -0.4 is 5.32 Å². The van der Waals surface area contributed by atoms with E-state index in [1.807, 2.05) is 0 Å². The van der Waals surface area contributed by atoms with E-state index in [-0.39, 0.29) is 0 Å². The van der Waals surface area contributed by atoms with E-state index in [2.05, 4.69) is 31.1 Å². The molecule has 1 aliphatic carbocycles. The van der Waals surface area contributed by atoms with E-state index in [4.69, 9.17) is 0 Å². The molecule has 17 heavy (non-hydrogen) atoms. The van der Waals surface area contributed by atoms with Crippen molar-refractivity contribution in [2.45, 2.75) is 64.8 Å². The average Bonchev–Trinajstić information content (AvgIpc) is 2.33. The van der Waals surface area contributed by atoms with Crippen molar-refractivity contribution in [3.8, 4) is 0 Å². The molecule has 0 heterocycles. The molecule has 0 aliphatic heterocycles. The van der Waals surface area contributed by atoms with Gasteiger partial charge in [0.15, 0.2) is 0 Å². The summed E-state index contributed by atoms with van der Waals surface area (Å²) in [6.07, 6.45) is 9.76. The summed E-state index contributed by atoms with van der Waals surface area (Å²) < 4.78 is 0. The summed E-state index contributed by atoms with van der Waals surface area (Å²) in [7, 11) is 2.25. The predicted molar refractivity (Wildman–Crippen MR) is 76.4 cm³/mol. The molecule has 0 aromatic rings. The fraction of sp³-hybridized carbons (Fsp3) is 1.00. The summed E-state index contributed by atoms with van der Waals surface area (Å²) in [4.78, 5) is 2.47. The number of hydrogen-bond acceptors (Lipinski definition) is 2. The van der Waals surface area contributed by atoms with Crippen molar-refractivity contribution < 1.29 is 0 Å². The Morgan fingerprint density at radius 3 is 2.47 bits per heavy atom. The van der Waals surface area contributed by atoms with Gasteiger partial charge >= 0.3 is 0 Å². The minimum absolute atomic E-state index is 0.824. The minimum atomic E-state index is 0.824. The third-order valence-corrected chi connectivity index (χ3v) is 3.84. The highest BCUT2D eigenvalue weighted by Gasteiger charge is 2.11. The zero-order valence-corrected chi connectivity index (χ0v) is 12.2. The molecule has 1 rings (SSSR count). The first-order chi connectivity index (χ1) is 8.18. The molecule has 2 nitrogen and oxygen atoms in total. The first kappa shape index (κ1) is 15.0. The Hall–Kier alpha value is -0.0800. The Morgan fingerprint density at radius 1 is 1.12 bits per heavy atom. The number of nitrogens with one attached hydrogen (secondary N) is 1. The smallest absolute Gasteiger partial charge is 0.00670 e. The van der Waals surface area contributed by atoms with E-state index < -0.39 is 0 Å². The van der Waals surface area contributed by atoms with Gasteiger partial charge < -0.3 is 10.2 Å². The van der Waals surface area contributed by atoms with Crippen molar-refractivity contribution >= 4 is 0 Å². The van der Waals surface area contributed by atoms with Crippen LogP contribution in [0.3, 0.4) is 0 Å². The first-order valence-electron chi connectivity index (χ1n) is 7.60. The lowest BCUT2D eigenvalue weighted by molar-refractivity contribution is 0.297. The second kappa shape index (κ2) is 8.93. The van der Waals surface area contributed by atoms with Crippen LogP contribution in [0.4, 0.5) is 0 Å². The third kappa shape index (κ3) is 7.77. The van der Waals surface area contributed by atoms with Crippen LogP contribution in [0.5, 0.6) is 0 Å². The lowest BCUT2D eigenvalue weighted by Crippen LogP contribution is -2.33. The fourth-order valence-electron chi connectivity index (χ4n) is 2.55. The van der Waals surface area contributed by atoms with Crippen molar-refractivity contribution in [2.24, 2.45) is 5.92 Å². The molecule has 0 spiro atoms. The minimum Gasteiger partial charge on any atom is -0.314 e. The second-order valence-corrected chi connectivity index (χ2v) is 6.13. The number of rotatable bonds is 8. The molecule has 0 aromatic carbocycles. The lowest BCUT2D eigenvalue weighted by Gasteiger charge is -2.23. The number of hydrogen-bond donors (Lipinski definition) is 1. The van der Waals surface area contributed by atoms with E-state index in [0.29, 0.717) is 0 Å². The number of nitrogens with zero attached hydrogens (tertiary/aromatic N) is 1. The summed E-state index contributed by atoms with van der Waals surface area (Å²) in [5.74, 6) is 0.831. The first-order valence-corrected chi connectivity index (χ1v) is 7.60. The van der Waals surface area contributed by atoms with Crippen molar-refractivity contribution in [1.29, 1.82) is 0 Å². The molecule has 0 amide bonds. The van der Waals surface area contributed by atoms with E-state index in [1.54, 1.807) is 0 Å². The maximum absolute atomic E-state index is 3.72. The highest BCUT2D eigenvalue weighted by atomic mass is 15.1. The summed E-state index contributed by atoms with van der Waals surface area (Å²) in [5, 5.41) is 3.72. The molecule has 0 saturated heterocycles. The molecule has 1 saturated carbocycles. The monoisotopic (exact) mass is 240 g/mol. The fourth-order valence-corrected chi connectivity index (χ4v) is 2.55. The quantitative estimate of drug-likeness (QED) is 0.655. The molecule has 0 radical (unpaired) electrons. The highest BCUT2D eigenvalue weighted by Crippen LogP contribution is 2.17. The highest BCUT2D eigenvalue weighted by molar-refractivity contribution is 4.71. The van der Waals surface area contributed by atoms with Crippen LogP contribution in [-0.2, 0) is 0 Å². The van der Waals surface area contributed by atoms with Crippen molar-refractivity contribution in [1.82, 2.24) is 10.2 Å². The predicted octanol–water partition coefficient (Wildman–Crippen LogP) is 3.28. The van der Waals surface area contributed by atoms with Gasteiger partial charge in [-0.1, -0.05) is 33.1 Å². The van der Waals surface area contributed by atoms with Gasteiger partial charge in [0.1, 0.15) is 0 Å². The molecular weight excluding hydrogens is 208 g/mol. The van der Waals surface area contributed by atoms with Crippen molar-refractivity contribution in [3.63, 3.8) is 0 Å². The van der Waals surface area contributed by atoms with E-state index >= 15 is 0 Å². The summed E-state index contributed by atoms with van der Waals surface area (Å²) in [5.41, 5.74) is 0. The van der Waals surface area contributed by atoms with Crippen molar-refractivity contribution in [3.05, 3.63) is 0 Å². The van der Waals surface area contributed by atoms with Gasteiger partial charge in [-0.25, -0.2) is 0 Å². The van der Waals surface area contributed by atoms with Gasteiger partial charge in [0.2, 0.25) is 0 Å². The van der Waals surface area contributed by atoms with E-state index in [9.17, 15) is 0 Å². The molecule has 1 aliphatic rings. The molecule has 2 heteroatoms. The summed E-state index contributed by atoms with van der Waals surface area (Å²) >= 11 is 0. The van der Waals surface area contributed by atoms with Crippen LogP contribution in [0, 0.1) is 5.92 Å². The summed E-state index contributed by atoms with van der Waals surface area (Å²) in [6.45, 7) is 8.31. The standard InChI is InChI=1S/C15H32N2/c1-14(2)10-13-17(3)12-7-11-16-15-8-5-4-6-9-15/h14-16H,4-13H2,1-3H3. The van der Waals surface area contributed by atoms with Crippen LogP contribution in [-0.4, -0.2) is 37.6 Å². The zero-order valence-electron chi connectivity index (χ0n) is 12.2. The molecule has 1 fully saturated rings. The van der Waals surface area contributed by atoms with Crippen LogP contribution >= 0.6 is 0 Å². The zero-order chi connectivity index (χ0) is 12.5. The molecule has 0 aromatic heterocycles.